The molecular formula is C37H40N2O3. The Morgan fingerprint density at radius 2 is 1.43 bits per heavy atom. The maximum Gasteiger partial charge on any atom is 0.340 e. The predicted octanol–water partition coefficient (Wildman–Crippen LogP) is 9.49. The molecule has 0 bridgehead atoms. The number of ether oxygens (including phenoxy) is 2. The van der Waals surface area contributed by atoms with E-state index in [0.717, 1.165) is 71.0 Å². The van der Waals surface area contributed by atoms with E-state index in [1.54, 1.807) is 0 Å². The van der Waals surface area contributed by atoms with Crippen LogP contribution in [-0.4, -0.2) is 19.1 Å². The number of para-hydroxylation sites is 1. The lowest BCUT2D eigenvalue weighted by Gasteiger charge is -2.38. The topological polar surface area (TPSA) is 50.8 Å². The van der Waals surface area contributed by atoms with Gasteiger partial charge >= 0.3 is 5.97 Å². The van der Waals surface area contributed by atoms with E-state index in [4.69, 9.17) is 9.47 Å². The summed E-state index contributed by atoms with van der Waals surface area (Å²) in [6.07, 6.45) is 7.14. The van der Waals surface area contributed by atoms with Crippen molar-refractivity contribution < 1.29 is 14.3 Å². The second-order valence-electron chi connectivity index (χ2n) is 11.5. The molecule has 1 unspecified atom stereocenters. The number of hydrogen-bond donors (Lipinski definition) is 1. The summed E-state index contributed by atoms with van der Waals surface area (Å²) in [5.41, 5.74) is 6.17. The average molecular weight is 561 g/mol. The van der Waals surface area contributed by atoms with Gasteiger partial charge in [0.1, 0.15) is 11.5 Å². The van der Waals surface area contributed by atoms with Crippen LogP contribution in [0.25, 0.3) is 0 Å². The molecule has 2 aliphatic rings. The average Bonchev–Trinajstić information content (AvgIpc) is 3.30. The standard InChI is InChI=1S/C37H40N2O3/c1-4-6-13-21-39(22-14-7-5-2)28-19-20-31-35(24-28)41-34-23-26(3)33(38-27-15-9-8-10-16-27)25-32(34)37(31)30-18-12-11-17-29(30)36(40)42-37/h8-12,15-20,23-25,38H,4-7,13-14,21-22H2,1-3H3. The molecule has 0 amide bonds. The summed E-state index contributed by atoms with van der Waals surface area (Å²) < 4.78 is 13.2. The summed E-state index contributed by atoms with van der Waals surface area (Å²) in [6.45, 7) is 8.60. The minimum absolute atomic E-state index is 0.313. The first-order chi connectivity index (χ1) is 20.5. The zero-order chi connectivity index (χ0) is 29.1. The van der Waals surface area contributed by atoms with Crippen LogP contribution in [0.3, 0.4) is 0 Å². The van der Waals surface area contributed by atoms with Crippen LogP contribution in [0.1, 0.15) is 85.0 Å². The van der Waals surface area contributed by atoms with Gasteiger partial charge < -0.3 is 19.7 Å². The number of anilines is 3. The number of benzene rings is 4. The summed E-state index contributed by atoms with van der Waals surface area (Å²) in [5.74, 6) is 1.14. The van der Waals surface area contributed by atoms with Crippen LogP contribution in [0.5, 0.6) is 11.5 Å². The summed E-state index contributed by atoms with van der Waals surface area (Å²) in [5, 5.41) is 3.56. The number of unbranched alkanes of at least 4 members (excludes halogenated alkanes) is 4. The molecule has 0 aliphatic carbocycles. The Hall–Kier alpha value is -4.25. The second kappa shape index (κ2) is 11.9. The smallest absolute Gasteiger partial charge is 0.340 e. The van der Waals surface area contributed by atoms with Crippen LogP contribution in [0.2, 0.25) is 0 Å². The predicted molar refractivity (Wildman–Crippen MR) is 170 cm³/mol. The minimum atomic E-state index is -1.09. The molecule has 1 spiro atoms. The number of fused-ring (bicyclic) bond motifs is 6. The van der Waals surface area contributed by atoms with Crippen molar-refractivity contribution in [3.05, 3.63) is 113 Å². The maximum atomic E-state index is 13.4. The zero-order valence-corrected chi connectivity index (χ0v) is 24.9. The van der Waals surface area contributed by atoms with Crippen LogP contribution in [0.4, 0.5) is 17.1 Å². The number of esters is 1. The number of hydrogen-bond acceptors (Lipinski definition) is 5. The molecule has 0 saturated heterocycles. The summed E-state index contributed by atoms with van der Waals surface area (Å²) in [7, 11) is 0. The molecule has 42 heavy (non-hydrogen) atoms. The molecule has 0 saturated carbocycles. The molecule has 4 aromatic carbocycles. The van der Waals surface area contributed by atoms with E-state index < -0.39 is 5.60 Å². The number of aryl methyl sites for hydroxylation is 1. The highest BCUT2D eigenvalue weighted by Gasteiger charge is 2.53. The maximum absolute atomic E-state index is 13.4. The largest absolute Gasteiger partial charge is 0.456 e. The van der Waals surface area contributed by atoms with E-state index in [9.17, 15) is 4.79 Å². The monoisotopic (exact) mass is 560 g/mol. The molecule has 2 aliphatic heterocycles. The Bertz CT molecular complexity index is 1570. The Labute approximate surface area is 249 Å². The molecule has 0 fully saturated rings. The highest BCUT2D eigenvalue weighted by atomic mass is 16.6. The highest BCUT2D eigenvalue weighted by Crippen LogP contribution is 2.57. The third-order valence-corrected chi connectivity index (χ3v) is 8.52. The van der Waals surface area contributed by atoms with Gasteiger partial charge in [-0.25, -0.2) is 4.79 Å². The molecule has 0 radical (unpaired) electrons. The Kier molecular flexibility index (Phi) is 7.92. The van der Waals surface area contributed by atoms with Crippen molar-refractivity contribution >= 4 is 23.0 Å². The molecule has 5 nitrogen and oxygen atoms in total. The molecular weight excluding hydrogens is 520 g/mol. The summed E-state index contributed by atoms with van der Waals surface area (Å²) in [6, 6.07) is 28.4. The molecule has 1 N–H and O–H groups in total. The lowest BCUT2D eigenvalue weighted by molar-refractivity contribution is 0.0224. The van der Waals surface area contributed by atoms with E-state index in [0.29, 0.717) is 11.3 Å². The number of rotatable bonds is 11. The van der Waals surface area contributed by atoms with Crippen molar-refractivity contribution in [2.24, 2.45) is 0 Å². The van der Waals surface area contributed by atoms with Gasteiger partial charge in [-0.2, -0.15) is 0 Å². The fourth-order valence-electron chi connectivity index (χ4n) is 6.29. The first-order valence-corrected chi connectivity index (χ1v) is 15.4. The summed E-state index contributed by atoms with van der Waals surface area (Å²) in [4.78, 5) is 15.9. The SMILES string of the molecule is CCCCCN(CCCCC)c1ccc2c(c1)Oc1cc(C)c(Nc3ccccc3)cc1C21OC(=O)c2ccccc21. The fourth-order valence-corrected chi connectivity index (χ4v) is 6.29. The van der Waals surface area contributed by atoms with Crippen LogP contribution in [0.15, 0.2) is 84.9 Å². The van der Waals surface area contributed by atoms with E-state index >= 15 is 0 Å². The lowest BCUT2D eigenvalue weighted by atomic mass is 9.77. The third kappa shape index (κ3) is 5.02. The Balaban J connectivity index is 1.47. The fraction of sp³-hybridized carbons (Fsp3) is 0.324. The first kappa shape index (κ1) is 27.9. The number of nitrogens with zero attached hydrogens (tertiary/aromatic N) is 1. The van der Waals surface area contributed by atoms with Gasteiger partial charge in [0, 0.05) is 52.9 Å². The minimum Gasteiger partial charge on any atom is -0.456 e. The van der Waals surface area contributed by atoms with Gasteiger partial charge in [0.25, 0.3) is 0 Å². The van der Waals surface area contributed by atoms with Crippen molar-refractivity contribution in [1.82, 2.24) is 0 Å². The van der Waals surface area contributed by atoms with Crippen LogP contribution in [-0.2, 0) is 10.3 Å². The summed E-state index contributed by atoms with van der Waals surface area (Å²) >= 11 is 0. The van der Waals surface area contributed by atoms with Gasteiger partial charge in [0.15, 0.2) is 5.60 Å². The Morgan fingerprint density at radius 3 is 2.17 bits per heavy atom. The number of carbonyl (C=O) groups excluding carboxylic acids is 1. The molecule has 216 valence electrons. The first-order valence-electron chi connectivity index (χ1n) is 15.4. The van der Waals surface area contributed by atoms with E-state index in [-0.39, 0.29) is 5.97 Å². The molecule has 4 aromatic rings. The van der Waals surface area contributed by atoms with Crippen LogP contribution >= 0.6 is 0 Å². The Morgan fingerprint density at radius 1 is 0.738 bits per heavy atom. The van der Waals surface area contributed by atoms with E-state index in [2.05, 4.69) is 61.3 Å². The molecule has 6 rings (SSSR count). The number of nitrogens with one attached hydrogen (secondary N) is 1. The molecule has 5 heteroatoms. The van der Waals surface area contributed by atoms with Gasteiger partial charge in [-0.15, -0.1) is 0 Å². The molecule has 2 heterocycles. The lowest BCUT2D eigenvalue weighted by Crippen LogP contribution is -2.33. The van der Waals surface area contributed by atoms with Crippen molar-refractivity contribution in [2.45, 2.75) is 64.9 Å². The van der Waals surface area contributed by atoms with Crippen molar-refractivity contribution in [2.75, 3.05) is 23.3 Å². The quantitative estimate of drug-likeness (QED) is 0.146. The normalized spacial score (nSPS) is 16.3. The van der Waals surface area contributed by atoms with E-state index in [1.807, 2.05) is 54.6 Å². The zero-order valence-electron chi connectivity index (χ0n) is 24.9. The van der Waals surface area contributed by atoms with Gasteiger partial charge in [-0.1, -0.05) is 75.9 Å². The van der Waals surface area contributed by atoms with Gasteiger partial charge in [-0.05, 0) is 67.8 Å². The van der Waals surface area contributed by atoms with Crippen molar-refractivity contribution in [1.29, 1.82) is 0 Å². The van der Waals surface area contributed by atoms with Crippen molar-refractivity contribution in [3.63, 3.8) is 0 Å². The number of carbonyl (C=O) groups is 1. The van der Waals surface area contributed by atoms with Crippen molar-refractivity contribution in [3.8, 4) is 11.5 Å². The third-order valence-electron chi connectivity index (χ3n) is 8.52. The highest BCUT2D eigenvalue weighted by molar-refractivity contribution is 5.97. The van der Waals surface area contributed by atoms with Gasteiger partial charge in [-0.3, -0.25) is 0 Å². The molecule has 0 aromatic heterocycles. The van der Waals surface area contributed by atoms with E-state index in [1.165, 1.54) is 25.7 Å². The van der Waals surface area contributed by atoms with Gasteiger partial charge in [0.05, 0.1) is 5.56 Å². The second-order valence-corrected chi connectivity index (χ2v) is 11.5. The molecule has 1 atom stereocenters. The van der Waals surface area contributed by atoms with Crippen LogP contribution < -0.4 is 15.0 Å². The van der Waals surface area contributed by atoms with Crippen LogP contribution in [0, 0.1) is 6.92 Å². The van der Waals surface area contributed by atoms with Gasteiger partial charge in [0.2, 0.25) is 0 Å².